The Morgan fingerprint density at radius 3 is 2.48 bits per heavy atom. The summed E-state index contributed by atoms with van der Waals surface area (Å²) in [7, 11) is 1.29. The second kappa shape index (κ2) is 7.14. The molecule has 0 aliphatic heterocycles. The number of carbonyl (C=O) groups excluding carboxylic acids is 1. The Balaban J connectivity index is 1.67. The van der Waals surface area contributed by atoms with E-state index in [9.17, 15) is 13.6 Å². The van der Waals surface area contributed by atoms with Crippen LogP contribution in [0.2, 0.25) is 0 Å². The van der Waals surface area contributed by atoms with Crippen molar-refractivity contribution in [1.82, 2.24) is 20.2 Å². The molecule has 158 valence electrons. The Bertz CT molecular complexity index is 1190. The van der Waals surface area contributed by atoms with Crippen LogP contribution in [0.25, 0.3) is 11.3 Å². The number of aryl methyl sites for hydroxylation is 1. The molecular weight excluding hydrogens is 402 g/mol. The van der Waals surface area contributed by atoms with Crippen molar-refractivity contribution in [3.63, 3.8) is 0 Å². The SMILES string of the molecule is COC(=O)c1nc(C)cc([C@]23CC[C@H](CC2)c2cc(-c4c(F)cccc4F)nnc23)n1. The van der Waals surface area contributed by atoms with Gasteiger partial charge in [-0.15, -0.1) is 5.10 Å². The number of fused-ring (bicyclic) bond motifs is 2. The summed E-state index contributed by atoms with van der Waals surface area (Å²) in [5.41, 5.74) is 2.58. The fourth-order valence-electron chi connectivity index (χ4n) is 4.99. The maximum Gasteiger partial charge on any atom is 0.376 e. The fourth-order valence-corrected chi connectivity index (χ4v) is 4.99. The van der Waals surface area contributed by atoms with Crippen molar-refractivity contribution < 1.29 is 18.3 Å². The van der Waals surface area contributed by atoms with E-state index in [-0.39, 0.29) is 23.0 Å². The van der Waals surface area contributed by atoms with Crippen molar-refractivity contribution in [2.45, 2.75) is 43.9 Å². The van der Waals surface area contributed by atoms with E-state index in [4.69, 9.17) is 4.74 Å². The second-order valence-electron chi connectivity index (χ2n) is 8.20. The predicted molar refractivity (Wildman–Crippen MR) is 107 cm³/mol. The third kappa shape index (κ3) is 3.00. The van der Waals surface area contributed by atoms with Gasteiger partial charge in [0.25, 0.3) is 0 Å². The van der Waals surface area contributed by atoms with Gasteiger partial charge in [0.05, 0.1) is 35.2 Å². The Morgan fingerprint density at radius 1 is 1.10 bits per heavy atom. The van der Waals surface area contributed by atoms with Crippen molar-refractivity contribution in [3.8, 4) is 11.3 Å². The van der Waals surface area contributed by atoms with E-state index in [0.717, 1.165) is 36.9 Å². The number of rotatable bonds is 3. The Labute approximate surface area is 177 Å². The van der Waals surface area contributed by atoms with E-state index in [1.54, 1.807) is 13.0 Å². The van der Waals surface area contributed by atoms with Crippen LogP contribution in [-0.4, -0.2) is 33.2 Å². The zero-order valence-corrected chi connectivity index (χ0v) is 17.2. The topological polar surface area (TPSA) is 77.9 Å². The van der Waals surface area contributed by atoms with Crippen LogP contribution < -0.4 is 0 Å². The fraction of sp³-hybridized carbons (Fsp3) is 0.348. The molecule has 0 N–H and O–H groups in total. The van der Waals surface area contributed by atoms with Gasteiger partial charge in [-0.1, -0.05) is 6.07 Å². The van der Waals surface area contributed by atoms with Crippen LogP contribution in [0.1, 0.15) is 64.9 Å². The van der Waals surface area contributed by atoms with E-state index < -0.39 is 23.0 Å². The van der Waals surface area contributed by atoms with Crippen LogP contribution in [0.5, 0.6) is 0 Å². The third-order valence-electron chi connectivity index (χ3n) is 6.49. The molecule has 3 aliphatic rings. The lowest BCUT2D eigenvalue weighted by Crippen LogP contribution is -2.41. The van der Waals surface area contributed by atoms with Gasteiger partial charge in [-0.05, 0) is 68.4 Å². The van der Waals surface area contributed by atoms with Gasteiger partial charge in [-0.2, -0.15) is 5.10 Å². The van der Waals surface area contributed by atoms with Gasteiger partial charge in [-0.25, -0.2) is 23.5 Å². The van der Waals surface area contributed by atoms with E-state index in [0.29, 0.717) is 11.4 Å². The van der Waals surface area contributed by atoms with Crippen LogP contribution in [0.3, 0.4) is 0 Å². The molecular formula is C23H20F2N4O2. The molecule has 1 saturated carbocycles. The molecule has 2 aromatic heterocycles. The lowest BCUT2D eigenvalue weighted by Gasteiger charge is -2.46. The molecule has 6 rings (SSSR count). The van der Waals surface area contributed by atoms with Crippen molar-refractivity contribution in [1.29, 1.82) is 0 Å². The molecule has 3 aliphatic carbocycles. The van der Waals surface area contributed by atoms with E-state index in [1.807, 2.05) is 6.07 Å². The molecule has 0 saturated heterocycles. The number of hydrogen-bond donors (Lipinski definition) is 0. The maximum atomic E-state index is 14.3. The Hall–Kier alpha value is -3.29. The van der Waals surface area contributed by atoms with Gasteiger partial charge in [0, 0.05) is 5.69 Å². The predicted octanol–water partition coefficient (Wildman–Crippen LogP) is 4.26. The highest BCUT2D eigenvalue weighted by Crippen LogP contribution is 2.55. The Morgan fingerprint density at radius 2 is 1.81 bits per heavy atom. The average molecular weight is 422 g/mol. The summed E-state index contributed by atoms with van der Waals surface area (Å²) in [4.78, 5) is 20.8. The number of benzene rings is 1. The molecule has 0 unspecified atom stereocenters. The van der Waals surface area contributed by atoms with Crippen molar-refractivity contribution in [3.05, 3.63) is 70.4 Å². The first-order chi connectivity index (χ1) is 14.9. The van der Waals surface area contributed by atoms with Crippen molar-refractivity contribution in [2.24, 2.45) is 0 Å². The van der Waals surface area contributed by atoms with E-state index in [1.165, 1.54) is 25.3 Å². The summed E-state index contributed by atoms with van der Waals surface area (Å²) in [6, 6.07) is 7.38. The van der Waals surface area contributed by atoms with Crippen LogP contribution in [0.4, 0.5) is 8.78 Å². The number of carbonyl (C=O) groups is 1. The lowest BCUT2D eigenvalue weighted by atomic mass is 9.58. The minimum absolute atomic E-state index is 0.0131. The van der Waals surface area contributed by atoms with Crippen LogP contribution >= 0.6 is 0 Å². The molecule has 6 nitrogen and oxygen atoms in total. The van der Waals surface area contributed by atoms with E-state index in [2.05, 4.69) is 20.2 Å². The van der Waals surface area contributed by atoms with Crippen LogP contribution in [0.15, 0.2) is 30.3 Å². The van der Waals surface area contributed by atoms with E-state index >= 15 is 0 Å². The molecule has 0 amide bonds. The standard InChI is InChI=1S/C23H20F2N4O2/c1-12-10-18(27-21(26-12)22(30)31-2)23-8-6-13(7-9-23)14-11-17(28-29-20(14)23)19-15(24)4-3-5-16(19)25/h3-5,10-11,13H,6-9H2,1-2H3/t13-,23+. The quantitative estimate of drug-likeness (QED) is 0.587. The first-order valence-corrected chi connectivity index (χ1v) is 10.2. The number of ether oxygens (including phenoxy) is 1. The highest BCUT2D eigenvalue weighted by molar-refractivity contribution is 5.85. The highest BCUT2D eigenvalue weighted by Gasteiger charge is 2.49. The van der Waals surface area contributed by atoms with Gasteiger partial charge >= 0.3 is 5.97 Å². The number of aromatic nitrogens is 4. The number of methoxy groups -OCH3 is 1. The zero-order valence-electron chi connectivity index (χ0n) is 17.2. The Kier molecular flexibility index (Phi) is 4.53. The molecule has 8 heteroatoms. The van der Waals surface area contributed by atoms with Crippen LogP contribution in [0, 0.1) is 18.6 Å². The number of halogens is 2. The monoisotopic (exact) mass is 422 g/mol. The molecule has 1 aromatic carbocycles. The molecule has 0 atom stereocenters. The summed E-state index contributed by atoms with van der Waals surface area (Å²) in [5, 5.41) is 8.68. The smallest absolute Gasteiger partial charge is 0.376 e. The summed E-state index contributed by atoms with van der Waals surface area (Å²) in [6.45, 7) is 1.80. The van der Waals surface area contributed by atoms with Gasteiger partial charge in [0.2, 0.25) is 5.82 Å². The van der Waals surface area contributed by atoms with Crippen molar-refractivity contribution in [2.75, 3.05) is 7.11 Å². The van der Waals surface area contributed by atoms with Gasteiger partial charge in [0.15, 0.2) is 0 Å². The minimum atomic E-state index is -0.668. The molecule has 3 aromatic rings. The first-order valence-electron chi connectivity index (χ1n) is 10.2. The molecule has 0 radical (unpaired) electrons. The molecule has 1 fully saturated rings. The first kappa shape index (κ1) is 19.7. The highest BCUT2D eigenvalue weighted by atomic mass is 19.1. The zero-order chi connectivity index (χ0) is 21.8. The minimum Gasteiger partial charge on any atom is -0.463 e. The molecule has 2 bridgehead atoms. The number of hydrogen-bond acceptors (Lipinski definition) is 6. The van der Waals surface area contributed by atoms with Gasteiger partial charge < -0.3 is 4.74 Å². The second-order valence-corrected chi connectivity index (χ2v) is 8.20. The largest absolute Gasteiger partial charge is 0.463 e. The van der Waals surface area contributed by atoms with Crippen LogP contribution in [-0.2, 0) is 10.2 Å². The normalized spacial score (nSPS) is 21.6. The number of esters is 1. The molecule has 0 spiro atoms. The lowest BCUT2D eigenvalue weighted by molar-refractivity contribution is 0.0585. The third-order valence-corrected chi connectivity index (χ3v) is 6.49. The van der Waals surface area contributed by atoms with Crippen molar-refractivity contribution >= 4 is 5.97 Å². The number of nitrogens with zero attached hydrogens (tertiary/aromatic N) is 4. The average Bonchev–Trinajstić information content (AvgIpc) is 2.78. The summed E-state index contributed by atoms with van der Waals surface area (Å²) >= 11 is 0. The van der Waals surface area contributed by atoms with Gasteiger partial charge in [-0.3, -0.25) is 0 Å². The molecule has 2 heterocycles. The molecule has 31 heavy (non-hydrogen) atoms. The summed E-state index contributed by atoms with van der Waals surface area (Å²) < 4.78 is 33.5. The summed E-state index contributed by atoms with van der Waals surface area (Å²) in [6.07, 6.45) is 3.41. The maximum absolute atomic E-state index is 14.3. The summed E-state index contributed by atoms with van der Waals surface area (Å²) in [5.74, 6) is -1.66. The van der Waals surface area contributed by atoms with Gasteiger partial charge in [0.1, 0.15) is 11.6 Å².